The monoisotopic (exact) mass is 313 g/mol. The predicted molar refractivity (Wildman–Crippen MR) is 82.0 cm³/mol. The van der Waals surface area contributed by atoms with Gasteiger partial charge in [-0.1, -0.05) is 0 Å². The van der Waals surface area contributed by atoms with Crippen LogP contribution in [-0.2, 0) is 0 Å². The third kappa shape index (κ3) is 3.74. The molecule has 0 bridgehead atoms. The van der Waals surface area contributed by atoms with Crippen molar-refractivity contribution in [3.63, 3.8) is 0 Å². The van der Waals surface area contributed by atoms with E-state index in [1.165, 1.54) is 11.1 Å². The summed E-state index contributed by atoms with van der Waals surface area (Å²) in [5, 5.41) is 23.1. The second-order valence-electron chi connectivity index (χ2n) is 4.73. The van der Waals surface area contributed by atoms with Gasteiger partial charge in [-0.15, -0.1) is 0 Å². The molecule has 0 aliphatic heterocycles. The molecule has 3 N–H and O–H groups in total. The van der Waals surface area contributed by atoms with E-state index in [1.54, 1.807) is 48.8 Å². The van der Waals surface area contributed by atoms with Crippen LogP contribution in [0.1, 0.15) is 11.9 Å². The molecule has 0 spiro atoms. The largest absolute Gasteiger partial charge is 0.467 e. The van der Waals surface area contributed by atoms with E-state index in [1.807, 2.05) is 0 Å². The minimum Gasteiger partial charge on any atom is -0.467 e. The fraction of sp³-hybridized carbons (Fsp3) is 0.133. The Kier molecular flexibility index (Phi) is 4.34. The van der Waals surface area contributed by atoms with Crippen molar-refractivity contribution in [2.75, 3.05) is 11.9 Å². The zero-order valence-electron chi connectivity index (χ0n) is 12.1. The lowest BCUT2D eigenvalue weighted by molar-refractivity contribution is 0.149. The first-order valence-electron chi connectivity index (χ1n) is 6.95. The molecule has 0 saturated carbocycles. The fourth-order valence-electron chi connectivity index (χ4n) is 1.97. The minimum atomic E-state index is -0.885. The summed E-state index contributed by atoms with van der Waals surface area (Å²) in [5.41, 5.74) is 1.40. The molecule has 2 heterocycles. The zero-order chi connectivity index (χ0) is 16.1. The highest BCUT2D eigenvalue weighted by molar-refractivity contribution is 5.89. The summed E-state index contributed by atoms with van der Waals surface area (Å²) < 4.78 is 5.06. The summed E-state index contributed by atoms with van der Waals surface area (Å²) in [6, 6.07) is 9.95. The number of amides is 2. The Morgan fingerprint density at radius 1 is 1.22 bits per heavy atom. The Bertz CT molecular complexity index is 738. The molecule has 2 amide bonds. The molecule has 3 aromatic rings. The average molecular weight is 313 g/mol. The second kappa shape index (κ2) is 6.75. The molecule has 1 unspecified atom stereocenters. The number of benzene rings is 1. The quantitative estimate of drug-likeness (QED) is 0.665. The highest BCUT2D eigenvalue weighted by atomic mass is 16.4. The van der Waals surface area contributed by atoms with Crippen molar-refractivity contribution in [1.82, 2.24) is 20.3 Å². The summed E-state index contributed by atoms with van der Waals surface area (Å²) >= 11 is 0. The van der Waals surface area contributed by atoms with Crippen LogP contribution in [0, 0.1) is 0 Å². The van der Waals surface area contributed by atoms with Crippen molar-refractivity contribution in [1.29, 1.82) is 0 Å². The van der Waals surface area contributed by atoms with Crippen LogP contribution in [0.25, 0.3) is 5.69 Å². The van der Waals surface area contributed by atoms with E-state index < -0.39 is 12.1 Å². The summed E-state index contributed by atoms with van der Waals surface area (Å²) in [4.78, 5) is 13.3. The van der Waals surface area contributed by atoms with Gasteiger partial charge in [-0.05, 0) is 36.4 Å². The van der Waals surface area contributed by atoms with E-state index in [0.717, 1.165) is 5.69 Å². The van der Waals surface area contributed by atoms with Gasteiger partial charge in [0.25, 0.3) is 0 Å². The molecular weight excluding hydrogens is 298 g/mol. The summed E-state index contributed by atoms with van der Waals surface area (Å²) in [6.07, 6.45) is 3.76. The Morgan fingerprint density at radius 2 is 1.96 bits per heavy atom. The molecule has 118 valence electrons. The molecule has 1 aromatic carbocycles. The van der Waals surface area contributed by atoms with Crippen molar-refractivity contribution in [3.8, 4) is 5.69 Å². The summed E-state index contributed by atoms with van der Waals surface area (Å²) in [5.74, 6) is 0.404. The number of nitrogens with zero attached hydrogens (tertiary/aromatic N) is 3. The first-order chi connectivity index (χ1) is 11.2. The standard InChI is InChI=1S/C15H15N5O3/c21-13(14-2-1-9-23-14)10-16-15(22)19-11-3-5-12(6-4-11)20-17-7-8-18-20/h1-9,13,21H,10H2,(H2,16,19,22). The van der Waals surface area contributed by atoms with E-state index in [9.17, 15) is 9.90 Å². The molecule has 0 radical (unpaired) electrons. The van der Waals surface area contributed by atoms with Crippen molar-refractivity contribution in [3.05, 3.63) is 60.8 Å². The number of nitrogens with one attached hydrogen (secondary N) is 2. The van der Waals surface area contributed by atoms with E-state index >= 15 is 0 Å². The molecule has 23 heavy (non-hydrogen) atoms. The Morgan fingerprint density at radius 3 is 2.61 bits per heavy atom. The molecule has 0 aliphatic carbocycles. The lowest BCUT2D eigenvalue weighted by atomic mass is 10.2. The number of rotatable bonds is 5. The van der Waals surface area contributed by atoms with Gasteiger partial charge < -0.3 is 20.2 Å². The summed E-state index contributed by atoms with van der Waals surface area (Å²) in [7, 11) is 0. The number of anilines is 1. The van der Waals surface area contributed by atoms with E-state index in [4.69, 9.17) is 4.42 Å². The van der Waals surface area contributed by atoms with Gasteiger partial charge in [0.1, 0.15) is 11.9 Å². The van der Waals surface area contributed by atoms with Crippen LogP contribution in [0.3, 0.4) is 0 Å². The zero-order valence-corrected chi connectivity index (χ0v) is 12.1. The SMILES string of the molecule is O=C(NCC(O)c1ccco1)Nc1ccc(-n2nccn2)cc1. The van der Waals surface area contributed by atoms with Gasteiger partial charge >= 0.3 is 6.03 Å². The second-order valence-corrected chi connectivity index (χ2v) is 4.73. The number of carbonyl (C=O) groups excluding carboxylic acids is 1. The topological polar surface area (TPSA) is 105 Å². The smallest absolute Gasteiger partial charge is 0.319 e. The van der Waals surface area contributed by atoms with Crippen molar-refractivity contribution in [2.45, 2.75) is 6.10 Å². The molecule has 1 atom stereocenters. The molecule has 0 fully saturated rings. The number of hydrogen-bond donors (Lipinski definition) is 3. The van der Waals surface area contributed by atoms with Gasteiger partial charge in [0.15, 0.2) is 0 Å². The lowest BCUT2D eigenvalue weighted by Crippen LogP contribution is -2.32. The Hall–Kier alpha value is -3.13. The van der Waals surface area contributed by atoms with Gasteiger partial charge in [-0.25, -0.2) is 4.79 Å². The number of furan rings is 1. The molecule has 8 nitrogen and oxygen atoms in total. The molecule has 0 aliphatic rings. The van der Waals surface area contributed by atoms with Crippen LogP contribution in [0.4, 0.5) is 10.5 Å². The van der Waals surface area contributed by atoms with E-state index in [-0.39, 0.29) is 6.54 Å². The molecule has 0 saturated heterocycles. The Labute approximate surface area is 131 Å². The van der Waals surface area contributed by atoms with Crippen LogP contribution >= 0.6 is 0 Å². The first-order valence-corrected chi connectivity index (χ1v) is 6.95. The van der Waals surface area contributed by atoms with Gasteiger partial charge in [0.2, 0.25) is 0 Å². The maximum atomic E-state index is 11.8. The van der Waals surface area contributed by atoms with Crippen molar-refractivity contribution >= 4 is 11.7 Å². The minimum absolute atomic E-state index is 0.0502. The van der Waals surface area contributed by atoms with E-state index in [0.29, 0.717) is 11.4 Å². The average Bonchev–Trinajstić information content (AvgIpc) is 3.26. The normalized spacial score (nSPS) is 11.9. The maximum absolute atomic E-state index is 11.8. The van der Waals surface area contributed by atoms with Crippen LogP contribution in [0.2, 0.25) is 0 Å². The van der Waals surface area contributed by atoms with Gasteiger partial charge in [-0.2, -0.15) is 15.0 Å². The van der Waals surface area contributed by atoms with Gasteiger partial charge in [0.05, 0.1) is 30.9 Å². The molecular formula is C15H15N5O3. The lowest BCUT2D eigenvalue weighted by Gasteiger charge is -2.11. The molecule has 3 rings (SSSR count). The number of carbonyl (C=O) groups is 1. The predicted octanol–water partition coefficient (Wildman–Crippen LogP) is 1.72. The number of aliphatic hydroxyl groups is 1. The first kappa shape index (κ1) is 14.8. The van der Waals surface area contributed by atoms with Crippen LogP contribution in [0.15, 0.2) is 59.5 Å². The number of urea groups is 1. The van der Waals surface area contributed by atoms with Crippen LogP contribution < -0.4 is 10.6 Å². The van der Waals surface area contributed by atoms with Crippen LogP contribution in [0.5, 0.6) is 0 Å². The van der Waals surface area contributed by atoms with Crippen molar-refractivity contribution < 1.29 is 14.3 Å². The highest BCUT2D eigenvalue weighted by Crippen LogP contribution is 2.13. The molecule has 8 heteroatoms. The maximum Gasteiger partial charge on any atom is 0.319 e. The third-order valence-corrected chi connectivity index (χ3v) is 3.10. The number of aromatic nitrogens is 3. The van der Waals surface area contributed by atoms with Crippen molar-refractivity contribution in [2.24, 2.45) is 0 Å². The Balaban J connectivity index is 1.51. The summed E-state index contributed by atoms with van der Waals surface area (Å²) in [6.45, 7) is 0.0502. The molecule has 2 aromatic heterocycles. The van der Waals surface area contributed by atoms with Crippen LogP contribution in [-0.4, -0.2) is 32.7 Å². The third-order valence-electron chi connectivity index (χ3n) is 3.10. The van der Waals surface area contributed by atoms with Gasteiger partial charge in [-0.3, -0.25) is 0 Å². The van der Waals surface area contributed by atoms with Gasteiger partial charge in [0, 0.05) is 5.69 Å². The highest BCUT2D eigenvalue weighted by Gasteiger charge is 2.11. The fourth-order valence-corrected chi connectivity index (χ4v) is 1.97. The number of aliphatic hydroxyl groups excluding tert-OH is 1. The number of hydrogen-bond acceptors (Lipinski definition) is 5. The van der Waals surface area contributed by atoms with E-state index in [2.05, 4.69) is 20.8 Å².